The molecule has 0 bridgehead atoms. The topological polar surface area (TPSA) is 99.2 Å². The molecule has 1 aliphatic carbocycles. The maximum absolute atomic E-state index is 14.6. The number of halogens is 2. The van der Waals surface area contributed by atoms with Gasteiger partial charge in [0.05, 0.1) is 17.6 Å². The van der Waals surface area contributed by atoms with Crippen LogP contribution in [0.4, 0.5) is 4.39 Å². The van der Waals surface area contributed by atoms with E-state index in [1.165, 1.54) is 24.1 Å². The van der Waals surface area contributed by atoms with E-state index in [-0.39, 0.29) is 28.6 Å². The van der Waals surface area contributed by atoms with Crippen molar-refractivity contribution in [2.75, 3.05) is 0 Å². The minimum Gasteiger partial charge on any atom is -0.383 e. The average molecular weight is 419 g/mol. The Morgan fingerprint density at radius 2 is 2.19 bits per heavy atom. The maximum Gasteiger partial charge on any atom is 0.235 e. The lowest BCUT2D eigenvalue weighted by molar-refractivity contribution is -0.123. The molecule has 134 valence electrons. The highest BCUT2D eigenvalue weighted by molar-refractivity contribution is 9.10. The molecule has 0 saturated carbocycles. The van der Waals surface area contributed by atoms with Crippen LogP contribution in [0.3, 0.4) is 0 Å². The molecule has 0 fully saturated rings. The summed E-state index contributed by atoms with van der Waals surface area (Å²) in [6, 6.07) is 6.47. The van der Waals surface area contributed by atoms with Gasteiger partial charge < -0.3 is 5.73 Å². The van der Waals surface area contributed by atoms with Gasteiger partial charge in [-0.15, -0.1) is 0 Å². The van der Waals surface area contributed by atoms with Crippen molar-refractivity contribution in [1.29, 1.82) is 5.26 Å². The van der Waals surface area contributed by atoms with Gasteiger partial charge in [0.15, 0.2) is 5.78 Å². The van der Waals surface area contributed by atoms with Crippen LogP contribution in [0.2, 0.25) is 0 Å². The molecule has 1 heterocycles. The number of allylic oxidation sites excluding steroid dienone is 3. The number of hydrogen-bond acceptors (Lipinski definition) is 5. The van der Waals surface area contributed by atoms with E-state index < -0.39 is 11.7 Å². The van der Waals surface area contributed by atoms with Gasteiger partial charge in [0, 0.05) is 34.7 Å². The molecule has 1 aliphatic heterocycles. The summed E-state index contributed by atoms with van der Waals surface area (Å²) in [4.78, 5) is 24.3. The Bertz CT molecular complexity index is 916. The van der Waals surface area contributed by atoms with Gasteiger partial charge in [-0.25, -0.2) is 9.40 Å². The zero-order valence-corrected chi connectivity index (χ0v) is 15.6. The van der Waals surface area contributed by atoms with Crippen LogP contribution < -0.4 is 11.2 Å². The summed E-state index contributed by atoms with van der Waals surface area (Å²) in [5.74, 6) is -1.98. The van der Waals surface area contributed by atoms with Crippen molar-refractivity contribution in [1.82, 2.24) is 10.4 Å². The Balaban J connectivity index is 2.26. The molecule has 0 saturated heterocycles. The Hall–Kier alpha value is -2.66. The zero-order valence-electron chi connectivity index (χ0n) is 14.0. The predicted octanol–water partition coefficient (Wildman–Crippen LogP) is 2.74. The van der Waals surface area contributed by atoms with E-state index in [1.54, 1.807) is 6.07 Å². The van der Waals surface area contributed by atoms with Gasteiger partial charge in [0.1, 0.15) is 11.6 Å². The minimum atomic E-state index is -0.888. The van der Waals surface area contributed by atoms with E-state index >= 15 is 0 Å². The van der Waals surface area contributed by atoms with Crippen molar-refractivity contribution in [3.63, 3.8) is 0 Å². The quantitative estimate of drug-likeness (QED) is 0.768. The number of nitrogens with one attached hydrogen (secondary N) is 1. The fraction of sp³-hybridized carbons (Fsp3) is 0.278. The molecule has 6 nitrogen and oxygen atoms in total. The monoisotopic (exact) mass is 418 g/mol. The molecular formula is C18H16BrFN4O2. The van der Waals surface area contributed by atoms with E-state index in [1.807, 2.05) is 6.07 Å². The first-order valence-corrected chi connectivity index (χ1v) is 8.82. The summed E-state index contributed by atoms with van der Waals surface area (Å²) in [5, 5.41) is 11.0. The first kappa shape index (κ1) is 18.1. The number of nitriles is 1. The number of ketones is 1. The second-order valence-corrected chi connectivity index (χ2v) is 7.07. The number of nitrogens with two attached hydrogens (primary N) is 1. The minimum absolute atomic E-state index is 0.00321. The standard InChI is InChI=1S/C18H16BrFN4O2/c1-9(25)23-24-14-3-2-4-15(26)17(14)16(12(8-21)18(24)22)11-6-5-10(19)7-13(11)20/h5-7,16H,2-4,22H2,1H3,(H,23,25). The van der Waals surface area contributed by atoms with Crippen LogP contribution in [0.5, 0.6) is 0 Å². The molecule has 2 aliphatic rings. The number of carbonyl (C=O) groups excluding carboxylic acids is 2. The molecule has 1 unspecified atom stereocenters. The maximum atomic E-state index is 14.6. The molecule has 1 atom stereocenters. The number of benzene rings is 1. The summed E-state index contributed by atoms with van der Waals surface area (Å²) in [6.07, 6.45) is 1.40. The van der Waals surface area contributed by atoms with Gasteiger partial charge in [0.2, 0.25) is 5.91 Å². The highest BCUT2D eigenvalue weighted by Crippen LogP contribution is 2.44. The second kappa shape index (κ2) is 6.92. The summed E-state index contributed by atoms with van der Waals surface area (Å²) >= 11 is 3.21. The Morgan fingerprint density at radius 1 is 1.46 bits per heavy atom. The lowest BCUT2D eigenvalue weighted by atomic mass is 9.76. The zero-order chi connectivity index (χ0) is 19.0. The average Bonchev–Trinajstić information content (AvgIpc) is 2.57. The van der Waals surface area contributed by atoms with E-state index in [0.717, 1.165) is 0 Å². The molecule has 0 spiro atoms. The van der Waals surface area contributed by atoms with Gasteiger partial charge in [-0.1, -0.05) is 22.0 Å². The number of nitrogens with zero attached hydrogens (tertiary/aromatic N) is 2. The van der Waals surface area contributed by atoms with E-state index in [0.29, 0.717) is 35.0 Å². The van der Waals surface area contributed by atoms with Crippen molar-refractivity contribution in [2.45, 2.75) is 32.1 Å². The second-order valence-electron chi connectivity index (χ2n) is 6.15. The first-order chi connectivity index (χ1) is 12.3. The number of carbonyl (C=O) groups is 2. The number of rotatable bonds is 2. The van der Waals surface area contributed by atoms with Crippen molar-refractivity contribution in [3.8, 4) is 6.07 Å². The Kier molecular flexibility index (Phi) is 4.83. The van der Waals surface area contributed by atoms with E-state index in [4.69, 9.17) is 5.73 Å². The van der Waals surface area contributed by atoms with Gasteiger partial charge in [0.25, 0.3) is 0 Å². The van der Waals surface area contributed by atoms with Crippen LogP contribution >= 0.6 is 15.9 Å². The number of hydrazine groups is 1. The van der Waals surface area contributed by atoms with Crippen LogP contribution in [-0.2, 0) is 9.59 Å². The molecule has 1 amide bonds. The van der Waals surface area contributed by atoms with Gasteiger partial charge >= 0.3 is 0 Å². The van der Waals surface area contributed by atoms with Crippen molar-refractivity contribution < 1.29 is 14.0 Å². The van der Waals surface area contributed by atoms with Gasteiger partial charge in [-0.3, -0.25) is 15.0 Å². The molecule has 0 radical (unpaired) electrons. The molecule has 0 aromatic heterocycles. The van der Waals surface area contributed by atoms with E-state index in [2.05, 4.69) is 21.4 Å². The highest BCUT2D eigenvalue weighted by atomic mass is 79.9. The number of Topliss-reactive ketones (excluding diaryl/α,β-unsaturated/α-hetero) is 1. The highest BCUT2D eigenvalue weighted by Gasteiger charge is 2.41. The molecule has 1 aromatic rings. The molecule has 1 aromatic carbocycles. The van der Waals surface area contributed by atoms with Crippen LogP contribution in [0.25, 0.3) is 0 Å². The Labute approximate surface area is 158 Å². The SMILES string of the molecule is CC(=O)NN1C(N)=C(C#N)C(c2ccc(Br)cc2F)C2=C1CCCC2=O. The molecule has 8 heteroatoms. The fourth-order valence-electron chi connectivity index (χ4n) is 3.42. The lowest BCUT2D eigenvalue weighted by Gasteiger charge is -2.39. The summed E-state index contributed by atoms with van der Waals surface area (Å²) in [7, 11) is 0. The van der Waals surface area contributed by atoms with Gasteiger partial charge in [-0.05, 0) is 25.0 Å². The molecule has 26 heavy (non-hydrogen) atoms. The molecular weight excluding hydrogens is 403 g/mol. The first-order valence-electron chi connectivity index (χ1n) is 8.03. The van der Waals surface area contributed by atoms with Crippen molar-refractivity contribution in [2.24, 2.45) is 5.73 Å². The van der Waals surface area contributed by atoms with Crippen LogP contribution in [-0.4, -0.2) is 16.7 Å². The van der Waals surface area contributed by atoms with Crippen molar-refractivity contribution in [3.05, 3.63) is 56.7 Å². The molecule has 3 rings (SSSR count). The van der Waals surface area contributed by atoms with Crippen LogP contribution in [0.1, 0.15) is 37.7 Å². The predicted molar refractivity (Wildman–Crippen MR) is 95.2 cm³/mol. The lowest BCUT2D eigenvalue weighted by Crippen LogP contribution is -2.47. The number of hydrogen-bond donors (Lipinski definition) is 2. The van der Waals surface area contributed by atoms with E-state index in [9.17, 15) is 19.2 Å². The van der Waals surface area contributed by atoms with Crippen molar-refractivity contribution >= 4 is 27.6 Å². The summed E-state index contributed by atoms with van der Waals surface area (Å²) in [6.45, 7) is 1.31. The van der Waals surface area contributed by atoms with Crippen LogP contribution in [0.15, 0.2) is 45.3 Å². The summed E-state index contributed by atoms with van der Waals surface area (Å²) in [5.41, 5.74) is 9.77. The van der Waals surface area contributed by atoms with Gasteiger partial charge in [-0.2, -0.15) is 5.26 Å². The van der Waals surface area contributed by atoms with Crippen LogP contribution in [0, 0.1) is 17.1 Å². The normalized spacial score (nSPS) is 20.0. The third kappa shape index (κ3) is 2.99. The number of amides is 1. The third-order valence-corrected chi connectivity index (χ3v) is 4.95. The largest absolute Gasteiger partial charge is 0.383 e. The molecule has 3 N–H and O–H groups in total. The Morgan fingerprint density at radius 3 is 2.81 bits per heavy atom. The smallest absolute Gasteiger partial charge is 0.235 e. The summed E-state index contributed by atoms with van der Waals surface area (Å²) < 4.78 is 15.2. The third-order valence-electron chi connectivity index (χ3n) is 4.46. The fourth-order valence-corrected chi connectivity index (χ4v) is 3.75.